The normalized spacial score (nSPS) is 23.8. The molecule has 0 aromatic heterocycles. The highest BCUT2D eigenvalue weighted by molar-refractivity contribution is 5.74. The zero-order chi connectivity index (χ0) is 18.7. The van der Waals surface area contributed by atoms with E-state index in [0.29, 0.717) is 13.1 Å². The Bertz CT molecular complexity index is 623. The number of ether oxygens (including phenoxy) is 1. The summed E-state index contributed by atoms with van der Waals surface area (Å²) >= 11 is 0. The molecule has 144 valence electrons. The molecule has 0 radical (unpaired) electrons. The minimum absolute atomic E-state index is 0.0552. The minimum atomic E-state index is -0.275. The number of rotatable bonds is 3. The fourth-order valence-electron chi connectivity index (χ4n) is 4.13. The summed E-state index contributed by atoms with van der Waals surface area (Å²) < 4.78 is 5.90. The van der Waals surface area contributed by atoms with Gasteiger partial charge in [0.2, 0.25) is 0 Å². The highest BCUT2D eigenvalue weighted by atomic mass is 16.5. The van der Waals surface area contributed by atoms with E-state index in [1.165, 1.54) is 11.3 Å². The summed E-state index contributed by atoms with van der Waals surface area (Å²) in [4.78, 5) is 17.0. The van der Waals surface area contributed by atoms with E-state index in [1.807, 2.05) is 25.7 Å². The first-order valence-corrected chi connectivity index (χ1v) is 9.93. The molecule has 1 unspecified atom stereocenters. The van der Waals surface area contributed by atoms with Gasteiger partial charge in [0.1, 0.15) is 0 Å². The number of anilines is 1. The number of nitrogens with zero attached hydrogens (tertiary/aromatic N) is 2. The van der Waals surface area contributed by atoms with Crippen LogP contribution in [0.15, 0.2) is 24.3 Å². The van der Waals surface area contributed by atoms with Gasteiger partial charge in [-0.2, -0.15) is 0 Å². The molecule has 0 spiro atoms. The fraction of sp³-hybridized carbons (Fsp3) is 0.667. The quantitative estimate of drug-likeness (QED) is 0.899. The van der Waals surface area contributed by atoms with Crippen molar-refractivity contribution in [3.8, 4) is 0 Å². The van der Waals surface area contributed by atoms with Crippen LogP contribution in [-0.4, -0.2) is 54.9 Å². The first-order chi connectivity index (χ1) is 12.4. The van der Waals surface area contributed by atoms with E-state index >= 15 is 0 Å². The molecule has 3 rings (SSSR count). The molecule has 0 bridgehead atoms. The van der Waals surface area contributed by atoms with Crippen LogP contribution in [0.2, 0.25) is 0 Å². The number of nitrogens with one attached hydrogen (secondary N) is 1. The first-order valence-electron chi connectivity index (χ1n) is 9.93. The first kappa shape index (κ1) is 19.0. The van der Waals surface area contributed by atoms with Crippen LogP contribution in [0.25, 0.3) is 0 Å². The maximum absolute atomic E-state index is 12.7. The third kappa shape index (κ3) is 4.70. The monoisotopic (exact) mass is 359 g/mol. The number of carbonyl (C=O) groups is 1. The molecular weight excluding hydrogens is 326 g/mol. The van der Waals surface area contributed by atoms with Crippen LogP contribution in [0.3, 0.4) is 0 Å². The van der Waals surface area contributed by atoms with Crippen molar-refractivity contribution >= 4 is 11.7 Å². The average Bonchev–Trinajstić information content (AvgIpc) is 2.60. The van der Waals surface area contributed by atoms with Crippen LogP contribution in [0.5, 0.6) is 0 Å². The fourth-order valence-corrected chi connectivity index (χ4v) is 4.13. The molecule has 1 atom stereocenters. The molecule has 1 aromatic rings. The van der Waals surface area contributed by atoms with Crippen LogP contribution in [0, 0.1) is 0 Å². The zero-order valence-electron chi connectivity index (χ0n) is 16.6. The summed E-state index contributed by atoms with van der Waals surface area (Å²) in [7, 11) is 0. The van der Waals surface area contributed by atoms with Crippen LogP contribution in [-0.2, 0) is 11.2 Å². The summed E-state index contributed by atoms with van der Waals surface area (Å²) in [6.45, 7) is 11.6. The van der Waals surface area contributed by atoms with Gasteiger partial charge < -0.3 is 19.9 Å². The van der Waals surface area contributed by atoms with E-state index < -0.39 is 0 Å². The SMILES string of the molecule is CCc1cccc(N2CCC(NC(=O)N3CC(C)OC(C)(C)C3)CC2)c1. The lowest BCUT2D eigenvalue weighted by Crippen LogP contribution is -2.58. The van der Waals surface area contributed by atoms with Crippen molar-refractivity contribution in [2.75, 3.05) is 31.1 Å². The predicted octanol–water partition coefficient (Wildman–Crippen LogP) is 3.43. The van der Waals surface area contributed by atoms with Gasteiger partial charge in [-0.25, -0.2) is 4.79 Å². The molecule has 5 heteroatoms. The highest BCUT2D eigenvalue weighted by Gasteiger charge is 2.34. The molecule has 1 N–H and O–H groups in total. The molecule has 26 heavy (non-hydrogen) atoms. The van der Waals surface area contributed by atoms with Gasteiger partial charge in [-0.15, -0.1) is 0 Å². The lowest BCUT2D eigenvalue weighted by atomic mass is 10.0. The van der Waals surface area contributed by atoms with E-state index in [-0.39, 0.29) is 23.8 Å². The van der Waals surface area contributed by atoms with Crippen LogP contribution in [0.1, 0.15) is 46.1 Å². The van der Waals surface area contributed by atoms with E-state index in [0.717, 1.165) is 32.4 Å². The second-order valence-electron chi connectivity index (χ2n) is 8.30. The Morgan fingerprint density at radius 1 is 1.31 bits per heavy atom. The van der Waals surface area contributed by atoms with E-state index in [1.54, 1.807) is 0 Å². The Labute approximate surface area is 157 Å². The summed E-state index contributed by atoms with van der Waals surface area (Å²) in [5.41, 5.74) is 2.41. The Morgan fingerprint density at radius 2 is 2.04 bits per heavy atom. The van der Waals surface area contributed by atoms with Crippen molar-refractivity contribution in [2.24, 2.45) is 0 Å². The predicted molar refractivity (Wildman–Crippen MR) is 106 cm³/mol. The summed E-state index contributed by atoms with van der Waals surface area (Å²) in [6, 6.07) is 9.12. The Morgan fingerprint density at radius 3 is 2.69 bits per heavy atom. The number of hydrogen-bond donors (Lipinski definition) is 1. The third-order valence-corrected chi connectivity index (χ3v) is 5.36. The lowest BCUT2D eigenvalue weighted by molar-refractivity contribution is -0.117. The van der Waals surface area contributed by atoms with Gasteiger partial charge in [0.25, 0.3) is 0 Å². The van der Waals surface area contributed by atoms with Crippen LogP contribution in [0.4, 0.5) is 10.5 Å². The smallest absolute Gasteiger partial charge is 0.317 e. The van der Waals surface area contributed by atoms with Gasteiger partial charge in [0, 0.05) is 31.4 Å². The summed E-state index contributed by atoms with van der Waals surface area (Å²) in [6.07, 6.45) is 3.13. The van der Waals surface area contributed by atoms with Crippen molar-refractivity contribution in [3.63, 3.8) is 0 Å². The number of morpholine rings is 1. The van der Waals surface area contributed by atoms with Crippen molar-refractivity contribution < 1.29 is 9.53 Å². The van der Waals surface area contributed by atoms with Crippen molar-refractivity contribution in [2.45, 2.75) is 64.7 Å². The molecule has 2 heterocycles. The Hall–Kier alpha value is -1.75. The van der Waals surface area contributed by atoms with E-state index in [2.05, 4.69) is 41.4 Å². The molecule has 2 saturated heterocycles. The zero-order valence-corrected chi connectivity index (χ0v) is 16.6. The van der Waals surface area contributed by atoms with Gasteiger partial charge in [0.05, 0.1) is 18.2 Å². The number of carbonyl (C=O) groups excluding carboxylic acids is 1. The molecule has 0 saturated carbocycles. The largest absolute Gasteiger partial charge is 0.371 e. The molecule has 2 aliphatic heterocycles. The molecule has 0 aliphatic carbocycles. The Kier molecular flexibility index (Phi) is 5.76. The molecular formula is C21H33N3O2. The van der Waals surface area contributed by atoms with E-state index in [4.69, 9.17) is 4.74 Å². The number of urea groups is 1. The number of hydrogen-bond acceptors (Lipinski definition) is 3. The van der Waals surface area contributed by atoms with Gasteiger partial charge in [-0.1, -0.05) is 19.1 Å². The molecule has 1 aromatic carbocycles. The lowest BCUT2D eigenvalue weighted by Gasteiger charge is -2.42. The van der Waals surface area contributed by atoms with Crippen molar-refractivity contribution in [1.82, 2.24) is 10.2 Å². The summed E-state index contributed by atoms with van der Waals surface area (Å²) in [5, 5.41) is 3.25. The number of piperidine rings is 1. The molecule has 5 nitrogen and oxygen atoms in total. The van der Waals surface area contributed by atoms with Crippen LogP contribution >= 0.6 is 0 Å². The molecule has 2 aliphatic rings. The maximum atomic E-state index is 12.7. The third-order valence-electron chi connectivity index (χ3n) is 5.36. The number of aryl methyl sites for hydroxylation is 1. The summed E-state index contributed by atoms with van der Waals surface area (Å²) in [5.74, 6) is 0. The second-order valence-corrected chi connectivity index (χ2v) is 8.30. The minimum Gasteiger partial charge on any atom is -0.371 e. The van der Waals surface area contributed by atoms with Crippen molar-refractivity contribution in [1.29, 1.82) is 0 Å². The highest BCUT2D eigenvalue weighted by Crippen LogP contribution is 2.23. The van der Waals surface area contributed by atoms with Gasteiger partial charge >= 0.3 is 6.03 Å². The molecule has 2 fully saturated rings. The average molecular weight is 360 g/mol. The molecule has 2 amide bonds. The Balaban J connectivity index is 1.51. The standard InChI is InChI=1S/C21H33N3O2/c1-5-17-7-6-8-19(13-17)23-11-9-18(10-12-23)22-20(25)24-14-16(2)26-21(3,4)15-24/h6-8,13,16,18H,5,9-12,14-15H2,1-4H3,(H,22,25). The van der Waals surface area contributed by atoms with Gasteiger partial charge in [0.15, 0.2) is 0 Å². The van der Waals surface area contributed by atoms with Crippen LogP contribution < -0.4 is 10.2 Å². The van der Waals surface area contributed by atoms with Gasteiger partial charge in [-0.3, -0.25) is 0 Å². The number of benzene rings is 1. The van der Waals surface area contributed by atoms with E-state index in [9.17, 15) is 4.79 Å². The second kappa shape index (κ2) is 7.87. The maximum Gasteiger partial charge on any atom is 0.317 e. The van der Waals surface area contributed by atoms with Gasteiger partial charge in [-0.05, 0) is 57.7 Å². The number of amides is 2. The topological polar surface area (TPSA) is 44.8 Å². The van der Waals surface area contributed by atoms with Crippen molar-refractivity contribution in [3.05, 3.63) is 29.8 Å².